The van der Waals surface area contributed by atoms with Crippen molar-refractivity contribution in [2.75, 3.05) is 19.6 Å². The number of hydrogen-bond donors (Lipinski definition) is 1. The van der Waals surface area contributed by atoms with E-state index >= 15 is 0 Å². The van der Waals surface area contributed by atoms with E-state index < -0.39 is 0 Å². The molecule has 1 aliphatic carbocycles. The van der Waals surface area contributed by atoms with Crippen LogP contribution in [-0.4, -0.2) is 35.2 Å². The highest BCUT2D eigenvalue weighted by Gasteiger charge is 2.33. The summed E-state index contributed by atoms with van der Waals surface area (Å²) in [6, 6.07) is 0. The van der Waals surface area contributed by atoms with Gasteiger partial charge in [-0.1, -0.05) is 33.1 Å². The first-order valence-corrected chi connectivity index (χ1v) is 7.02. The summed E-state index contributed by atoms with van der Waals surface area (Å²) in [6.07, 6.45) is 7.15. The van der Waals surface area contributed by atoms with E-state index in [4.69, 9.17) is 0 Å². The fraction of sp³-hybridized carbons (Fsp3) is 1.00. The van der Waals surface area contributed by atoms with Crippen molar-refractivity contribution in [3.05, 3.63) is 0 Å². The van der Waals surface area contributed by atoms with Crippen molar-refractivity contribution in [1.29, 1.82) is 0 Å². The molecule has 2 atom stereocenters. The maximum atomic E-state index is 10.6. The van der Waals surface area contributed by atoms with Crippen LogP contribution in [0.25, 0.3) is 0 Å². The van der Waals surface area contributed by atoms with Crippen LogP contribution in [0.1, 0.15) is 52.4 Å². The van der Waals surface area contributed by atoms with Gasteiger partial charge in [-0.3, -0.25) is 4.90 Å². The topological polar surface area (TPSA) is 23.5 Å². The molecule has 2 unspecified atom stereocenters. The summed E-state index contributed by atoms with van der Waals surface area (Å²) in [6.45, 7) is 7.97. The van der Waals surface area contributed by atoms with E-state index in [1.807, 2.05) is 0 Å². The van der Waals surface area contributed by atoms with Crippen LogP contribution in [0.5, 0.6) is 0 Å². The zero-order valence-electron chi connectivity index (χ0n) is 10.9. The minimum Gasteiger partial charge on any atom is -0.389 e. The van der Waals surface area contributed by atoms with Gasteiger partial charge in [-0.05, 0) is 31.1 Å². The molecule has 1 aliphatic heterocycles. The Morgan fingerprint density at radius 2 is 1.62 bits per heavy atom. The lowest BCUT2D eigenvalue weighted by atomic mass is 9.83. The Morgan fingerprint density at radius 1 is 1.06 bits per heavy atom. The second kappa shape index (κ2) is 5.05. The number of piperidine rings is 1. The first kappa shape index (κ1) is 12.4. The van der Waals surface area contributed by atoms with E-state index in [0.717, 1.165) is 31.2 Å². The molecule has 2 heteroatoms. The van der Waals surface area contributed by atoms with E-state index in [2.05, 4.69) is 18.7 Å². The Bertz CT molecular complexity index is 213. The van der Waals surface area contributed by atoms with Crippen LogP contribution < -0.4 is 0 Å². The van der Waals surface area contributed by atoms with Crippen molar-refractivity contribution in [2.45, 2.75) is 58.0 Å². The van der Waals surface area contributed by atoms with Gasteiger partial charge in [0.25, 0.3) is 0 Å². The van der Waals surface area contributed by atoms with E-state index in [-0.39, 0.29) is 5.60 Å². The van der Waals surface area contributed by atoms with Crippen LogP contribution in [-0.2, 0) is 0 Å². The number of rotatable bonds is 2. The smallest absolute Gasteiger partial charge is 0.0774 e. The molecular weight excluding hydrogens is 198 g/mol. The summed E-state index contributed by atoms with van der Waals surface area (Å²) in [5.74, 6) is 1.60. The van der Waals surface area contributed by atoms with Gasteiger partial charge in [0.1, 0.15) is 0 Å². The molecule has 0 aromatic heterocycles. The van der Waals surface area contributed by atoms with Crippen LogP contribution in [0.4, 0.5) is 0 Å². The minimum atomic E-state index is -0.366. The second-order valence-electron chi connectivity index (χ2n) is 6.43. The van der Waals surface area contributed by atoms with Gasteiger partial charge >= 0.3 is 0 Å². The monoisotopic (exact) mass is 225 g/mol. The third-order valence-corrected chi connectivity index (χ3v) is 4.25. The van der Waals surface area contributed by atoms with Crippen LogP contribution in [0.2, 0.25) is 0 Å². The molecule has 0 spiro atoms. The van der Waals surface area contributed by atoms with E-state index in [0.29, 0.717) is 0 Å². The number of nitrogens with zero attached hydrogens (tertiary/aromatic N) is 1. The molecule has 2 fully saturated rings. The van der Waals surface area contributed by atoms with Crippen molar-refractivity contribution in [2.24, 2.45) is 11.8 Å². The lowest BCUT2D eigenvalue weighted by molar-refractivity contribution is -0.0385. The molecule has 1 N–H and O–H groups in total. The van der Waals surface area contributed by atoms with Crippen LogP contribution in [0, 0.1) is 11.8 Å². The fourth-order valence-electron chi connectivity index (χ4n) is 3.71. The average molecular weight is 225 g/mol. The summed E-state index contributed by atoms with van der Waals surface area (Å²) in [5.41, 5.74) is -0.366. The Kier molecular flexibility index (Phi) is 3.91. The van der Waals surface area contributed by atoms with Gasteiger partial charge in [0.05, 0.1) is 5.60 Å². The molecule has 0 radical (unpaired) electrons. The predicted octanol–water partition coefficient (Wildman–Crippen LogP) is 2.66. The summed E-state index contributed by atoms with van der Waals surface area (Å²) in [4.78, 5) is 2.50. The molecule has 0 aromatic rings. The lowest BCUT2D eigenvalue weighted by Gasteiger charge is -2.41. The van der Waals surface area contributed by atoms with E-state index in [1.165, 1.54) is 38.8 Å². The van der Waals surface area contributed by atoms with Crippen LogP contribution in [0.15, 0.2) is 0 Å². The normalized spacial score (nSPS) is 36.2. The largest absolute Gasteiger partial charge is 0.389 e. The molecular formula is C14H27NO. The van der Waals surface area contributed by atoms with Gasteiger partial charge in [-0.2, -0.15) is 0 Å². The molecule has 2 nitrogen and oxygen atoms in total. The zero-order chi connectivity index (χ0) is 11.6. The number of β-amino-alcohol motifs (C(OH)–C–C–N with tert-alkyl or cyclic N) is 1. The van der Waals surface area contributed by atoms with Gasteiger partial charge in [0.15, 0.2) is 0 Å². The highest BCUT2D eigenvalue weighted by molar-refractivity contribution is 4.87. The Balaban J connectivity index is 1.87. The second-order valence-corrected chi connectivity index (χ2v) is 6.43. The quantitative estimate of drug-likeness (QED) is 0.781. The Labute approximate surface area is 100 Å². The van der Waals surface area contributed by atoms with Gasteiger partial charge in [0, 0.05) is 19.6 Å². The highest BCUT2D eigenvalue weighted by Crippen LogP contribution is 2.30. The van der Waals surface area contributed by atoms with Crippen molar-refractivity contribution in [3.8, 4) is 0 Å². The maximum absolute atomic E-state index is 10.6. The first-order chi connectivity index (χ1) is 7.57. The SMILES string of the molecule is CC1CC(C)CN(CC2(O)CCCCC2)C1. The third-order valence-electron chi connectivity index (χ3n) is 4.25. The van der Waals surface area contributed by atoms with Gasteiger partial charge < -0.3 is 5.11 Å². The molecule has 0 bridgehead atoms. The van der Waals surface area contributed by atoms with E-state index in [9.17, 15) is 5.11 Å². The number of hydrogen-bond acceptors (Lipinski definition) is 2. The van der Waals surface area contributed by atoms with Crippen LogP contribution in [0.3, 0.4) is 0 Å². The molecule has 2 rings (SSSR count). The van der Waals surface area contributed by atoms with Gasteiger partial charge in [-0.15, -0.1) is 0 Å². The fourth-order valence-corrected chi connectivity index (χ4v) is 3.71. The Hall–Kier alpha value is -0.0800. The summed E-state index contributed by atoms with van der Waals surface area (Å²) in [7, 11) is 0. The zero-order valence-corrected chi connectivity index (χ0v) is 10.9. The number of aliphatic hydroxyl groups is 1. The molecule has 94 valence electrons. The molecule has 1 saturated carbocycles. The molecule has 0 amide bonds. The Morgan fingerprint density at radius 3 is 2.19 bits per heavy atom. The van der Waals surface area contributed by atoms with E-state index in [1.54, 1.807) is 0 Å². The van der Waals surface area contributed by atoms with Crippen molar-refractivity contribution in [3.63, 3.8) is 0 Å². The van der Waals surface area contributed by atoms with Gasteiger partial charge in [-0.25, -0.2) is 0 Å². The minimum absolute atomic E-state index is 0.366. The molecule has 2 aliphatic rings. The molecule has 16 heavy (non-hydrogen) atoms. The predicted molar refractivity (Wildman–Crippen MR) is 67.4 cm³/mol. The summed E-state index contributed by atoms with van der Waals surface area (Å²) >= 11 is 0. The molecule has 1 heterocycles. The highest BCUT2D eigenvalue weighted by atomic mass is 16.3. The lowest BCUT2D eigenvalue weighted by Crippen LogP contribution is -2.49. The summed E-state index contributed by atoms with van der Waals surface area (Å²) < 4.78 is 0. The standard InChI is InChI=1S/C14H27NO/c1-12-8-13(2)10-15(9-12)11-14(16)6-4-3-5-7-14/h12-13,16H,3-11H2,1-2H3. The average Bonchev–Trinajstić information content (AvgIpc) is 2.15. The van der Waals surface area contributed by atoms with Crippen molar-refractivity contribution < 1.29 is 5.11 Å². The molecule has 1 saturated heterocycles. The van der Waals surface area contributed by atoms with Crippen molar-refractivity contribution in [1.82, 2.24) is 4.90 Å². The third kappa shape index (κ3) is 3.21. The molecule has 0 aromatic carbocycles. The maximum Gasteiger partial charge on any atom is 0.0774 e. The van der Waals surface area contributed by atoms with Gasteiger partial charge in [0.2, 0.25) is 0 Å². The number of likely N-dealkylation sites (tertiary alicyclic amines) is 1. The van der Waals surface area contributed by atoms with Crippen LogP contribution >= 0.6 is 0 Å². The van der Waals surface area contributed by atoms with Crippen molar-refractivity contribution >= 4 is 0 Å². The first-order valence-electron chi connectivity index (χ1n) is 7.02. The summed E-state index contributed by atoms with van der Waals surface area (Å²) in [5, 5.41) is 10.6.